The number of carbonyl (C=O) groups is 1. The average Bonchev–Trinajstić information content (AvgIpc) is 2.97. The second-order valence-corrected chi connectivity index (χ2v) is 9.95. The van der Waals surface area contributed by atoms with Crippen molar-refractivity contribution in [3.63, 3.8) is 0 Å². The molecule has 0 saturated heterocycles. The zero-order valence-corrected chi connectivity index (χ0v) is 23.0. The van der Waals surface area contributed by atoms with Gasteiger partial charge in [0.05, 0.1) is 22.8 Å². The summed E-state index contributed by atoms with van der Waals surface area (Å²) in [6.07, 6.45) is 10.6. The summed E-state index contributed by atoms with van der Waals surface area (Å²) in [7, 11) is 0. The molecule has 0 aliphatic heterocycles. The van der Waals surface area contributed by atoms with E-state index >= 15 is 0 Å². The van der Waals surface area contributed by atoms with Crippen molar-refractivity contribution in [2.45, 2.75) is 25.6 Å². The van der Waals surface area contributed by atoms with E-state index in [4.69, 9.17) is 42.7 Å². The molecule has 0 saturated carbocycles. The Balaban J connectivity index is 1.54. The topological polar surface area (TPSA) is 81.4 Å². The summed E-state index contributed by atoms with van der Waals surface area (Å²) in [5, 5.41) is 9.40. The number of rotatable bonds is 12. The van der Waals surface area contributed by atoms with E-state index in [1.165, 1.54) is 12.3 Å². The van der Waals surface area contributed by atoms with Gasteiger partial charge in [-0.25, -0.2) is 0 Å². The van der Waals surface area contributed by atoms with Crippen LogP contribution in [0.4, 0.5) is 0 Å². The second-order valence-electron chi connectivity index (χ2n) is 9.17. The molecule has 2 atom stereocenters. The zero-order chi connectivity index (χ0) is 27.7. The van der Waals surface area contributed by atoms with Crippen molar-refractivity contribution in [1.29, 1.82) is 5.26 Å². The molecular weight excluding hydrogens is 535 g/mol. The van der Waals surface area contributed by atoms with Gasteiger partial charge in [-0.05, 0) is 36.6 Å². The molecule has 1 aromatic heterocycles. The van der Waals surface area contributed by atoms with Gasteiger partial charge in [0, 0.05) is 42.4 Å². The smallest absolute Gasteiger partial charge is 0.153 e. The monoisotopic (exact) mass is 562 g/mol. The predicted octanol–water partition coefficient (Wildman–Crippen LogP) is 7.05. The minimum absolute atomic E-state index is 0.119. The predicted molar refractivity (Wildman–Crippen MR) is 152 cm³/mol. The van der Waals surface area contributed by atoms with E-state index < -0.39 is 5.60 Å². The van der Waals surface area contributed by atoms with E-state index in [0.29, 0.717) is 46.4 Å². The van der Waals surface area contributed by atoms with Crippen LogP contribution in [0, 0.1) is 17.2 Å². The van der Waals surface area contributed by atoms with Crippen molar-refractivity contribution in [2.75, 3.05) is 19.1 Å². The van der Waals surface area contributed by atoms with Crippen LogP contribution in [0.5, 0.6) is 11.5 Å². The number of hydrogen-bond donors (Lipinski definition) is 0. The molecule has 1 aliphatic carbocycles. The molecule has 2 unspecified atom stereocenters. The van der Waals surface area contributed by atoms with Gasteiger partial charge in [-0.2, -0.15) is 5.26 Å². The number of carbonyl (C=O) groups excluding carboxylic acids is 1. The number of hydrogen-bond acceptors (Lipinski definition) is 6. The lowest BCUT2D eigenvalue weighted by molar-refractivity contribution is -0.0273. The molecule has 0 radical (unpaired) electrons. The van der Waals surface area contributed by atoms with Gasteiger partial charge in [-0.1, -0.05) is 60.2 Å². The molecule has 0 amide bonds. The van der Waals surface area contributed by atoms with Crippen LogP contribution >= 0.6 is 23.2 Å². The molecule has 2 aromatic carbocycles. The van der Waals surface area contributed by atoms with Crippen LogP contribution in [-0.2, 0) is 11.3 Å². The molecule has 0 N–H and O–H groups in total. The number of allylic oxidation sites excluding steroid dienone is 2. The molecule has 1 aliphatic rings. The van der Waals surface area contributed by atoms with Crippen molar-refractivity contribution in [2.24, 2.45) is 5.92 Å². The number of alkyl halides is 1. The molecule has 3 aromatic rings. The van der Waals surface area contributed by atoms with Gasteiger partial charge in [0.15, 0.2) is 6.29 Å². The summed E-state index contributed by atoms with van der Waals surface area (Å²) in [6.45, 7) is 2.95. The zero-order valence-electron chi connectivity index (χ0n) is 21.5. The molecule has 0 spiro atoms. The standard InChI is InChI=1S/C31H28Cl2N2O4/c1-31(39-12-6-11-32)26(9-5-10-27(31)24-7-3-2-4-8-24)21-38-30-15-29(25(19-36)14-28(30)33)37-20-23-13-22(16-34)17-35-18-23/h2-5,7-10,13-15,17-19,26H,6,11-12,20-21H2,1H3. The lowest BCUT2D eigenvalue weighted by Gasteiger charge is -2.40. The van der Waals surface area contributed by atoms with Crippen LogP contribution in [0.3, 0.4) is 0 Å². The van der Waals surface area contributed by atoms with E-state index in [-0.39, 0.29) is 24.7 Å². The Morgan fingerprint density at radius 3 is 2.69 bits per heavy atom. The Hall–Kier alpha value is -3.63. The van der Waals surface area contributed by atoms with Crippen molar-refractivity contribution >= 4 is 35.1 Å². The van der Waals surface area contributed by atoms with E-state index in [2.05, 4.69) is 42.3 Å². The third kappa shape index (κ3) is 6.88. The number of nitriles is 1. The third-order valence-corrected chi connectivity index (χ3v) is 7.10. The van der Waals surface area contributed by atoms with Gasteiger partial charge in [0.25, 0.3) is 0 Å². The number of aromatic nitrogens is 1. The highest BCUT2D eigenvalue weighted by Crippen LogP contribution is 2.41. The molecule has 8 heteroatoms. The average molecular weight is 563 g/mol. The SMILES string of the molecule is CC1(OCCCCl)C(c2ccccc2)=CC=CC1COc1cc(OCc2cncc(C#N)c2)c(C=O)cc1Cl. The Bertz CT molecular complexity index is 1400. The first-order chi connectivity index (χ1) is 19.0. The number of aldehydes is 1. The van der Waals surface area contributed by atoms with E-state index in [9.17, 15) is 4.79 Å². The molecule has 200 valence electrons. The number of pyridine rings is 1. The maximum atomic E-state index is 11.7. The molecule has 0 fully saturated rings. The number of benzene rings is 2. The molecule has 39 heavy (non-hydrogen) atoms. The van der Waals surface area contributed by atoms with E-state index in [1.807, 2.05) is 24.3 Å². The molecule has 1 heterocycles. The summed E-state index contributed by atoms with van der Waals surface area (Å²) < 4.78 is 18.6. The summed E-state index contributed by atoms with van der Waals surface area (Å²) in [5.74, 6) is 1.07. The van der Waals surface area contributed by atoms with Gasteiger partial charge in [0.1, 0.15) is 29.8 Å². The first kappa shape index (κ1) is 28.4. The fourth-order valence-corrected chi connectivity index (χ4v) is 4.76. The van der Waals surface area contributed by atoms with Gasteiger partial charge >= 0.3 is 0 Å². The third-order valence-electron chi connectivity index (χ3n) is 6.54. The Morgan fingerprint density at radius 2 is 1.95 bits per heavy atom. The molecule has 4 rings (SSSR count). The highest BCUT2D eigenvalue weighted by Gasteiger charge is 2.40. The van der Waals surface area contributed by atoms with E-state index in [1.54, 1.807) is 18.3 Å². The van der Waals surface area contributed by atoms with Crippen LogP contribution in [0.25, 0.3) is 5.57 Å². The van der Waals surface area contributed by atoms with Gasteiger partial charge in [-0.3, -0.25) is 9.78 Å². The first-order valence-corrected chi connectivity index (χ1v) is 13.4. The van der Waals surface area contributed by atoms with Crippen molar-refractivity contribution in [3.05, 3.63) is 106 Å². The van der Waals surface area contributed by atoms with Gasteiger partial charge < -0.3 is 14.2 Å². The number of ether oxygens (including phenoxy) is 3. The lowest BCUT2D eigenvalue weighted by atomic mass is 9.76. The minimum atomic E-state index is -0.671. The van der Waals surface area contributed by atoms with E-state index in [0.717, 1.165) is 17.6 Å². The Labute approximate surface area is 238 Å². The Kier molecular flexibility index (Phi) is 9.78. The van der Waals surface area contributed by atoms with Crippen molar-refractivity contribution in [3.8, 4) is 17.6 Å². The number of halogens is 2. The van der Waals surface area contributed by atoms with Crippen molar-refractivity contribution < 1.29 is 19.0 Å². The maximum absolute atomic E-state index is 11.7. The second kappa shape index (κ2) is 13.4. The molecule has 6 nitrogen and oxygen atoms in total. The summed E-state index contributed by atoms with van der Waals surface area (Å²) >= 11 is 12.4. The Morgan fingerprint density at radius 1 is 1.13 bits per heavy atom. The fourth-order valence-electron chi connectivity index (χ4n) is 4.42. The lowest BCUT2D eigenvalue weighted by Crippen LogP contribution is -2.42. The first-order valence-electron chi connectivity index (χ1n) is 12.5. The van der Waals surface area contributed by atoms with Crippen molar-refractivity contribution in [1.82, 2.24) is 4.98 Å². The van der Waals surface area contributed by atoms with Crippen LogP contribution in [0.15, 0.2) is 79.2 Å². The summed E-state index contributed by atoms with van der Waals surface area (Å²) in [4.78, 5) is 15.8. The van der Waals surface area contributed by atoms with Crippen LogP contribution in [-0.4, -0.2) is 36.0 Å². The minimum Gasteiger partial charge on any atom is -0.491 e. The van der Waals surface area contributed by atoms with Crippen LogP contribution < -0.4 is 9.47 Å². The fraction of sp³-hybridized carbons (Fsp3) is 0.258. The molecular formula is C31H28Cl2N2O4. The van der Waals surface area contributed by atoms with Crippen LogP contribution in [0.2, 0.25) is 5.02 Å². The summed E-state index contributed by atoms with van der Waals surface area (Å²) in [5.41, 5.74) is 2.86. The number of nitrogens with zero attached hydrogens (tertiary/aromatic N) is 2. The quantitative estimate of drug-likeness (QED) is 0.133. The van der Waals surface area contributed by atoms with Gasteiger partial charge in [0.2, 0.25) is 0 Å². The van der Waals surface area contributed by atoms with Gasteiger partial charge in [-0.15, -0.1) is 11.6 Å². The van der Waals surface area contributed by atoms with Crippen LogP contribution in [0.1, 0.15) is 40.4 Å². The highest BCUT2D eigenvalue weighted by atomic mass is 35.5. The maximum Gasteiger partial charge on any atom is 0.153 e. The molecule has 0 bridgehead atoms. The summed E-state index contributed by atoms with van der Waals surface area (Å²) in [6, 6.07) is 17.0. The highest BCUT2D eigenvalue weighted by molar-refractivity contribution is 6.32. The normalized spacial score (nSPS) is 18.2. The largest absolute Gasteiger partial charge is 0.491 e.